The van der Waals surface area contributed by atoms with E-state index in [1.165, 1.54) is 12.8 Å². The second-order valence-corrected chi connectivity index (χ2v) is 11.0. The van der Waals surface area contributed by atoms with Crippen molar-refractivity contribution in [3.8, 4) is 0 Å². The number of nitrogens with two attached hydrogens (primary N) is 5. The van der Waals surface area contributed by atoms with Gasteiger partial charge in [-0.3, -0.25) is 4.79 Å². The monoisotopic (exact) mass is 593 g/mol. The van der Waals surface area contributed by atoms with Crippen LogP contribution in [0.5, 0.6) is 0 Å². The zero-order valence-corrected chi connectivity index (χ0v) is 24.1. The number of hydrogen-bond acceptors (Lipinski definition) is 14. The van der Waals surface area contributed by atoms with E-state index < -0.39 is 73.1 Å². The van der Waals surface area contributed by atoms with Crippen LogP contribution in [-0.4, -0.2) is 133 Å². The van der Waals surface area contributed by atoms with Crippen LogP contribution in [0.2, 0.25) is 0 Å². The second-order valence-electron chi connectivity index (χ2n) is 11.0. The molecule has 15 nitrogen and oxygen atoms in total. The number of aliphatic hydroxyl groups excluding tert-OH is 4. The number of ether oxygens (including phenoxy) is 3. The Morgan fingerprint density at radius 3 is 2.24 bits per heavy atom. The van der Waals surface area contributed by atoms with Gasteiger partial charge in [-0.15, -0.1) is 0 Å². The van der Waals surface area contributed by atoms with Crippen molar-refractivity contribution in [3.05, 3.63) is 0 Å². The van der Waals surface area contributed by atoms with Gasteiger partial charge in [0, 0.05) is 19.1 Å². The first kappa shape index (κ1) is 36.1. The lowest BCUT2D eigenvalue weighted by molar-refractivity contribution is -0.289. The lowest BCUT2D eigenvalue weighted by atomic mass is 9.83. The normalized spacial score (nSPS) is 34.9. The highest BCUT2D eigenvalue weighted by molar-refractivity contribution is 5.80. The molecule has 2 rings (SSSR count). The van der Waals surface area contributed by atoms with Crippen molar-refractivity contribution in [2.45, 2.75) is 119 Å². The Balaban J connectivity index is 1.98. The minimum Gasteiger partial charge on any atom is -0.388 e. The number of hydrogen-bond donors (Lipinski definition) is 11. The van der Waals surface area contributed by atoms with Gasteiger partial charge in [0.2, 0.25) is 5.91 Å². The summed E-state index contributed by atoms with van der Waals surface area (Å²) >= 11 is 0. The van der Waals surface area contributed by atoms with E-state index in [-0.39, 0.29) is 32.5 Å². The molecule has 0 unspecified atom stereocenters. The van der Waals surface area contributed by atoms with Crippen LogP contribution in [0.3, 0.4) is 0 Å². The molecule has 0 aromatic rings. The van der Waals surface area contributed by atoms with Crippen molar-refractivity contribution in [1.82, 2.24) is 10.6 Å². The van der Waals surface area contributed by atoms with Crippen molar-refractivity contribution < 1.29 is 39.4 Å². The van der Waals surface area contributed by atoms with Gasteiger partial charge >= 0.3 is 0 Å². The number of carbonyl (C=O) groups excluding carboxylic acids is 1. The molecule has 1 saturated carbocycles. The molecule has 1 saturated heterocycles. The first-order chi connectivity index (χ1) is 19.7. The van der Waals surface area contributed by atoms with Crippen LogP contribution in [0.25, 0.3) is 0 Å². The van der Waals surface area contributed by atoms with Crippen LogP contribution in [0.4, 0.5) is 0 Å². The summed E-state index contributed by atoms with van der Waals surface area (Å²) in [7, 11) is 0. The van der Waals surface area contributed by atoms with Crippen molar-refractivity contribution in [2.24, 2.45) is 28.7 Å². The quantitative estimate of drug-likeness (QED) is 0.0632. The Morgan fingerprint density at radius 2 is 1.59 bits per heavy atom. The fraction of sp³-hybridized carbons (Fsp3) is 0.962. The van der Waals surface area contributed by atoms with Crippen LogP contribution in [0.1, 0.15) is 51.4 Å². The fourth-order valence-electron chi connectivity index (χ4n) is 5.26. The standard InChI is InChI=1S/C26H55N7O8/c27-8-5-3-1-2-4-6-10-32-11-12-39-24-16(33-25(38)17(34)7-9-28)13-15(30)23(22(24)37)41-26-19(31)21(36)20(35)18(14-29)40-26/h15-24,26,32,34-37H,1-14,27-31H2,(H,33,38)/t15-,16+,17-,18+,19+,20+,21+,22-,23+,24-,26+/m0/s1. The Morgan fingerprint density at radius 1 is 0.902 bits per heavy atom. The zero-order valence-electron chi connectivity index (χ0n) is 24.1. The third kappa shape index (κ3) is 11.2. The Kier molecular flexibility index (Phi) is 17.0. The fourth-order valence-corrected chi connectivity index (χ4v) is 5.26. The van der Waals surface area contributed by atoms with Gasteiger partial charge in [0.05, 0.1) is 18.7 Å². The molecular formula is C26H55N7O8. The topological polar surface area (TPSA) is 280 Å². The highest BCUT2D eigenvalue weighted by atomic mass is 16.7. The Hall–Kier alpha value is -1.05. The van der Waals surface area contributed by atoms with E-state index in [4.69, 9.17) is 42.9 Å². The molecule has 0 spiro atoms. The predicted molar refractivity (Wildman–Crippen MR) is 152 cm³/mol. The number of aliphatic hydroxyl groups is 4. The average Bonchev–Trinajstić information content (AvgIpc) is 2.95. The van der Waals surface area contributed by atoms with Gasteiger partial charge in [0.15, 0.2) is 6.29 Å². The van der Waals surface area contributed by atoms with E-state index in [1.54, 1.807) is 0 Å². The average molecular weight is 594 g/mol. The molecule has 2 fully saturated rings. The van der Waals surface area contributed by atoms with E-state index in [0.717, 1.165) is 38.8 Å². The van der Waals surface area contributed by atoms with Crippen molar-refractivity contribution in [3.63, 3.8) is 0 Å². The first-order valence-corrected chi connectivity index (χ1v) is 14.9. The number of amides is 1. The first-order valence-electron chi connectivity index (χ1n) is 14.9. The van der Waals surface area contributed by atoms with Crippen molar-refractivity contribution in [1.29, 1.82) is 0 Å². The molecule has 1 aliphatic carbocycles. The highest BCUT2D eigenvalue weighted by Gasteiger charge is 2.49. The molecule has 1 heterocycles. The molecule has 0 aromatic heterocycles. The smallest absolute Gasteiger partial charge is 0.249 e. The number of carbonyl (C=O) groups is 1. The molecule has 242 valence electrons. The van der Waals surface area contributed by atoms with Crippen LogP contribution < -0.4 is 39.3 Å². The molecule has 15 heteroatoms. The summed E-state index contributed by atoms with van der Waals surface area (Å²) in [6.45, 7) is 2.35. The summed E-state index contributed by atoms with van der Waals surface area (Å²) in [4.78, 5) is 12.6. The van der Waals surface area contributed by atoms with Gasteiger partial charge in [-0.1, -0.05) is 25.7 Å². The minimum absolute atomic E-state index is 0.0781. The lowest BCUT2D eigenvalue weighted by Gasteiger charge is -2.47. The summed E-state index contributed by atoms with van der Waals surface area (Å²) in [5, 5.41) is 47.9. The Bertz CT molecular complexity index is 727. The predicted octanol–water partition coefficient (Wildman–Crippen LogP) is -4.34. The summed E-state index contributed by atoms with van der Waals surface area (Å²) < 4.78 is 17.7. The van der Waals surface area contributed by atoms with E-state index in [1.807, 2.05) is 0 Å². The third-order valence-electron chi connectivity index (χ3n) is 7.76. The molecule has 0 bridgehead atoms. The summed E-state index contributed by atoms with van der Waals surface area (Å²) in [6.07, 6.45) is -2.43. The van der Waals surface area contributed by atoms with E-state index in [9.17, 15) is 25.2 Å². The molecule has 16 N–H and O–H groups in total. The second kappa shape index (κ2) is 19.3. The minimum atomic E-state index is -1.36. The van der Waals surface area contributed by atoms with Gasteiger partial charge < -0.3 is 73.9 Å². The zero-order chi connectivity index (χ0) is 30.4. The molecule has 1 amide bonds. The summed E-state index contributed by atoms with van der Waals surface area (Å²) in [5.74, 6) is -0.641. The maximum absolute atomic E-state index is 12.6. The molecule has 41 heavy (non-hydrogen) atoms. The third-order valence-corrected chi connectivity index (χ3v) is 7.76. The SMILES string of the molecule is NCCCCCCCCNCCO[C@@H]1[C@@H](O)[C@H](O[C@H]2O[C@H](CN)[C@@H](O)[C@H](O)[C@H]2N)[C@@H](N)C[C@H]1NC(=O)[C@@H](O)CCN. The maximum Gasteiger partial charge on any atom is 0.249 e. The number of rotatable bonds is 19. The van der Waals surface area contributed by atoms with Crippen LogP contribution >= 0.6 is 0 Å². The van der Waals surface area contributed by atoms with Gasteiger partial charge in [-0.2, -0.15) is 0 Å². The number of nitrogens with one attached hydrogen (secondary N) is 2. The van der Waals surface area contributed by atoms with Crippen LogP contribution in [0.15, 0.2) is 0 Å². The van der Waals surface area contributed by atoms with E-state index in [2.05, 4.69) is 10.6 Å². The number of unbranched alkanes of at least 4 members (excludes halogenated alkanes) is 5. The van der Waals surface area contributed by atoms with Crippen molar-refractivity contribution >= 4 is 5.91 Å². The summed E-state index contributed by atoms with van der Waals surface area (Å²) in [6, 6.07) is -2.64. The van der Waals surface area contributed by atoms with E-state index >= 15 is 0 Å². The molecule has 11 atom stereocenters. The molecule has 2 aliphatic rings. The summed E-state index contributed by atoms with van der Waals surface area (Å²) in [5.41, 5.74) is 29.0. The van der Waals surface area contributed by atoms with Gasteiger partial charge in [-0.05, 0) is 45.3 Å². The van der Waals surface area contributed by atoms with Gasteiger partial charge in [0.1, 0.15) is 42.7 Å². The molecular weight excluding hydrogens is 538 g/mol. The largest absolute Gasteiger partial charge is 0.388 e. The van der Waals surface area contributed by atoms with Crippen molar-refractivity contribution in [2.75, 3.05) is 39.3 Å². The van der Waals surface area contributed by atoms with E-state index in [0.29, 0.717) is 6.54 Å². The lowest BCUT2D eigenvalue weighted by Crippen LogP contribution is -2.68. The molecule has 0 aromatic carbocycles. The van der Waals surface area contributed by atoms with Gasteiger partial charge in [-0.25, -0.2) is 0 Å². The van der Waals surface area contributed by atoms with Crippen LogP contribution in [0, 0.1) is 0 Å². The molecule has 1 aliphatic heterocycles. The highest BCUT2D eigenvalue weighted by Crippen LogP contribution is 2.29. The van der Waals surface area contributed by atoms with Gasteiger partial charge in [0.25, 0.3) is 0 Å². The van der Waals surface area contributed by atoms with Crippen LogP contribution in [-0.2, 0) is 19.0 Å². The molecule has 0 radical (unpaired) electrons. The maximum atomic E-state index is 12.6. The Labute approximate surface area is 242 Å².